The summed E-state index contributed by atoms with van der Waals surface area (Å²) < 4.78 is 23.5. The monoisotopic (exact) mass is 357 g/mol. The lowest BCUT2D eigenvalue weighted by Gasteiger charge is -2.56. The molecular formula is C20H23NO5. The first-order valence-electron chi connectivity index (χ1n) is 9.65. The average Bonchev–Trinajstić information content (AvgIpc) is 3.33. The summed E-state index contributed by atoms with van der Waals surface area (Å²) in [6.07, 6.45) is 3.07. The molecule has 2 saturated heterocycles. The smallest absolute Gasteiger partial charge is 0.410 e. The molecular weight excluding hydrogens is 334 g/mol. The number of fused-ring (bicyclic) bond motifs is 2. The topological polar surface area (TPSA) is 60.5 Å². The van der Waals surface area contributed by atoms with Crippen LogP contribution in [-0.2, 0) is 21.3 Å². The summed E-state index contributed by atoms with van der Waals surface area (Å²) >= 11 is 0. The number of epoxide rings is 1. The molecule has 6 nitrogen and oxygen atoms in total. The molecule has 1 spiro atoms. The van der Waals surface area contributed by atoms with Crippen molar-refractivity contribution in [2.75, 3.05) is 20.3 Å². The van der Waals surface area contributed by atoms with Gasteiger partial charge in [-0.05, 0) is 43.7 Å². The van der Waals surface area contributed by atoms with Crippen LogP contribution in [0.3, 0.4) is 0 Å². The molecule has 6 heteroatoms. The van der Waals surface area contributed by atoms with Crippen molar-refractivity contribution in [3.8, 4) is 11.5 Å². The number of hydrogen-bond acceptors (Lipinski definition) is 5. The number of methoxy groups -OCH3 is 1. The van der Waals surface area contributed by atoms with Crippen molar-refractivity contribution in [3.05, 3.63) is 23.3 Å². The Hall–Kier alpha value is -1.95. The fourth-order valence-electron chi connectivity index (χ4n) is 6.32. The Bertz CT molecular complexity index is 810. The maximum Gasteiger partial charge on any atom is 0.410 e. The molecule has 3 aliphatic heterocycles. The van der Waals surface area contributed by atoms with Crippen LogP contribution in [0.15, 0.2) is 12.1 Å². The van der Waals surface area contributed by atoms with Gasteiger partial charge in [-0.2, -0.15) is 0 Å². The van der Waals surface area contributed by atoms with Crippen molar-refractivity contribution in [1.82, 2.24) is 4.90 Å². The molecule has 5 aliphatic rings. The first-order valence-corrected chi connectivity index (χ1v) is 9.65. The van der Waals surface area contributed by atoms with Crippen molar-refractivity contribution in [2.24, 2.45) is 5.92 Å². The lowest BCUT2D eigenvalue weighted by Crippen LogP contribution is -2.66. The lowest BCUT2D eigenvalue weighted by atomic mass is 9.52. The Morgan fingerprint density at radius 2 is 2.31 bits per heavy atom. The predicted octanol–water partition coefficient (Wildman–Crippen LogP) is 2.27. The normalized spacial score (nSPS) is 40.2. The molecule has 0 radical (unpaired) electrons. The number of amides is 1. The van der Waals surface area contributed by atoms with Gasteiger partial charge in [0.05, 0.1) is 19.8 Å². The number of benzene rings is 1. The molecule has 6 rings (SSSR count). The summed E-state index contributed by atoms with van der Waals surface area (Å²) in [5.74, 6) is 2.09. The fraction of sp³-hybridized carbons (Fsp3) is 0.650. The van der Waals surface area contributed by atoms with Crippen molar-refractivity contribution in [1.29, 1.82) is 0 Å². The van der Waals surface area contributed by atoms with E-state index in [4.69, 9.17) is 18.9 Å². The maximum atomic E-state index is 12.6. The van der Waals surface area contributed by atoms with Gasteiger partial charge in [0, 0.05) is 23.6 Å². The van der Waals surface area contributed by atoms with Gasteiger partial charge in [-0.15, -0.1) is 0 Å². The Balaban J connectivity index is 1.52. The van der Waals surface area contributed by atoms with Gasteiger partial charge in [-0.3, -0.25) is 0 Å². The van der Waals surface area contributed by atoms with Crippen molar-refractivity contribution >= 4 is 6.09 Å². The summed E-state index contributed by atoms with van der Waals surface area (Å²) in [6.45, 7) is 2.99. The highest BCUT2D eigenvalue weighted by Gasteiger charge is 2.72. The number of hydrogen-bond donors (Lipinski definition) is 0. The van der Waals surface area contributed by atoms with Gasteiger partial charge in [0.1, 0.15) is 12.2 Å². The standard InChI is InChI=1S/C20H23NO5/c1-3-24-19(22)21-7-6-20-11-9-14-17(25-14)18(20)26-16-13(23-2)5-4-10(15(16)20)8-12(11)21/h4-5,11-12,14,17-18H,3,6-9H2,1-2H3/t11-,12+,14+,17+,18-,20-/m0/s1. The van der Waals surface area contributed by atoms with Gasteiger partial charge in [0.25, 0.3) is 0 Å². The van der Waals surface area contributed by atoms with Gasteiger partial charge in [-0.25, -0.2) is 4.79 Å². The number of ether oxygens (including phenoxy) is 4. The second kappa shape index (κ2) is 4.85. The van der Waals surface area contributed by atoms with E-state index in [1.807, 2.05) is 17.9 Å². The largest absolute Gasteiger partial charge is 0.493 e. The summed E-state index contributed by atoms with van der Waals surface area (Å²) in [6, 6.07) is 4.31. The van der Waals surface area contributed by atoms with Crippen molar-refractivity contribution < 1.29 is 23.7 Å². The van der Waals surface area contributed by atoms with E-state index in [1.54, 1.807) is 7.11 Å². The van der Waals surface area contributed by atoms with E-state index >= 15 is 0 Å². The molecule has 3 fully saturated rings. The summed E-state index contributed by atoms with van der Waals surface area (Å²) in [5.41, 5.74) is 2.57. The number of rotatable bonds is 2. The minimum atomic E-state index is -0.182. The minimum Gasteiger partial charge on any atom is -0.493 e. The van der Waals surface area contributed by atoms with Crippen molar-refractivity contribution in [3.63, 3.8) is 0 Å². The summed E-state index contributed by atoms with van der Waals surface area (Å²) in [5, 5.41) is 0. The van der Waals surface area contributed by atoms with E-state index in [1.165, 1.54) is 11.1 Å². The van der Waals surface area contributed by atoms with Gasteiger partial charge < -0.3 is 23.8 Å². The zero-order valence-electron chi connectivity index (χ0n) is 15.1. The number of carbonyl (C=O) groups excluding carboxylic acids is 1. The van der Waals surface area contributed by atoms with Crippen LogP contribution in [0.2, 0.25) is 0 Å². The maximum absolute atomic E-state index is 12.6. The van der Waals surface area contributed by atoms with Crippen LogP contribution in [0.4, 0.5) is 4.79 Å². The molecule has 3 heterocycles. The highest BCUT2D eigenvalue weighted by atomic mass is 16.6. The highest BCUT2D eigenvalue weighted by Crippen LogP contribution is 2.66. The second-order valence-electron chi connectivity index (χ2n) is 8.11. The molecule has 0 unspecified atom stereocenters. The molecule has 138 valence electrons. The van der Waals surface area contributed by atoms with Crippen LogP contribution in [0, 0.1) is 5.92 Å². The van der Waals surface area contributed by atoms with Crippen LogP contribution in [0.25, 0.3) is 0 Å². The third-order valence-corrected chi connectivity index (χ3v) is 7.28. The van der Waals surface area contributed by atoms with Crippen LogP contribution in [0.5, 0.6) is 11.5 Å². The number of carbonyl (C=O) groups is 1. The number of nitrogens with zero attached hydrogens (tertiary/aromatic N) is 1. The molecule has 0 N–H and O–H groups in total. The van der Waals surface area contributed by atoms with E-state index < -0.39 is 0 Å². The molecule has 1 aromatic carbocycles. The van der Waals surface area contributed by atoms with Gasteiger partial charge in [-0.1, -0.05) is 6.07 Å². The highest BCUT2D eigenvalue weighted by molar-refractivity contribution is 5.70. The van der Waals surface area contributed by atoms with E-state index in [0.29, 0.717) is 19.1 Å². The predicted molar refractivity (Wildman–Crippen MR) is 91.7 cm³/mol. The molecule has 1 saturated carbocycles. The minimum absolute atomic E-state index is 0.0449. The SMILES string of the molecule is CCOC(=O)N1CC[C@]23c4c5ccc(OC)c4O[C@H]2[C@@H]2O[C@@H]2C[C@H]3[C@H]1C5. The zero-order valence-corrected chi connectivity index (χ0v) is 15.1. The molecule has 0 aromatic heterocycles. The van der Waals surface area contributed by atoms with E-state index in [9.17, 15) is 4.79 Å². The zero-order chi connectivity index (χ0) is 17.6. The third kappa shape index (κ3) is 1.60. The molecule has 2 bridgehead atoms. The van der Waals surface area contributed by atoms with Gasteiger partial charge in [0.2, 0.25) is 0 Å². The molecule has 6 atom stereocenters. The van der Waals surface area contributed by atoms with E-state index in [0.717, 1.165) is 30.8 Å². The Kier molecular flexibility index (Phi) is 2.83. The first-order chi connectivity index (χ1) is 12.7. The molecule has 1 amide bonds. The van der Waals surface area contributed by atoms with Crippen LogP contribution in [0.1, 0.15) is 30.9 Å². The summed E-state index contributed by atoms with van der Waals surface area (Å²) in [4.78, 5) is 14.6. The number of piperidine rings is 1. The van der Waals surface area contributed by atoms with E-state index in [2.05, 4.69) is 6.07 Å². The Morgan fingerprint density at radius 3 is 3.12 bits per heavy atom. The lowest BCUT2D eigenvalue weighted by molar-refractivity contribution is -0.0388. The van der Waals surface area contributed by atoms with E-state index in [-0.39, 0.29) is 35.9 Å². The average molecular weight is 357 g/mol. The van der Waals surface area contributed by atoms with Crippen LogP contribution < -0.4 is 9.47 Å². The van der Waals surface area contributed by atoms with Crippen LogP contribution >= 0.6 is 0 Å². The second-order valence-corrected chi connectivity index (χ2v) is 8.11. The molecule has 26 heavy (non-hydrogen) atoms. The Labute approximate surface area is 152 Å². The Morgan fingerprint density at radius 1 is 1.42 bits per heavy atom. The molecule has 2 aliphatic carbocycles. The van der Waals surface area contributed by atoms with Gasteiger partial charge in [0.15, 0.2) is 11.5 Å². The number of likely N-dealkylation sites (tertiary alicyclic amines) is 1. The van der Waals surface area contributed by atoms with Gasteiger partial charge >= 0.3 is 6.09 Å². The van der Waals surface area contributed by atoms with Crippen LogP contribution in [-0.4, -0.2) is 55.6 Å². The quantitative estimate of drug-likeness (QED) is 0.760. The third-order valence-electron chi connectivity index (χ3n) is 7.28. The molecule has 1 aromatic rings. The first kappa shape index (κ1) is 15.1. The summed E-state index contributed by atoms with van der Waals surface area (Å²) in [7, 11) is 1.70. The van der Waals surface area contributed by atoms with Crippen molar-refractivity contribution in [2.45, 2.75) is 56.0 Å². The fourth-order valence-corrected chi connectivity index (χ4v) is 6.32.